The Kier molecular flexibility index (Phi) is 3.02. The second-order valence-corrected chi connectivity index (χ2v) is 3.71. The van der Waals surface area contributed by atoms with Crippen LogP contribution in [0.3, 0.4) is 0 Å². The Morgan fingerprint density at radius 2 is 2.27 bits per heavy atom. The van der Waals surface area contributed by atoms with Gasteiger partial charge in [0, 0.05) is 6.42 Å². The summed E-state index contributed by atoms with van der Waals surface area (Å²) in [6.07, 6.45) is 0.731. The monoisotopic (exact) mass is 206 g/mol. The summed E-state index contributed by atoms with van der Waals surface area (Å²) in [5.41, 5.74) is 1.59. The molecule has 1 atom stereocenters. The first-order chi connectivity index (χ1) is 7.27. The van der Waals surface area contributed by atoms with Gasteiger partial charge < -0.3 is 9.47 Å². The average molecular weight is 206 g/mol. The molecule has 1 heterocycles. The lowest BCUT2D eigenvalue weighted by atomic mass is 10.1. The molecule has 1 fully saturated rings. The summed E-state index contributed by atoms with van der Waals surface area (Å²) >= 11 is 0. The fourth-order valence-electron chi connectivity index (χ4n) is 1.62. The van der Waals surface area contributed by atoms with Crippen molar-refractivity contribution >= 4 is 5.97 Å². The first kappa shape index (κ1) is 10.2. The fraction of sp³-hybridized carbons (Fsp3) is 0.417. The number of rotatable bonds is 2. The summed E-state index contributed by atoms with van der Waals surface area (Å²) in [6, 6.07) is 7.44. The van der Waals surface area contributed by atoms with Crippen LogP contribution in [0.1, 0.15) is 22.3 Å². The third-order valence-corrected chi connectivity index (χ3v) is 2.53. The van der Waals surface area contributed by atoms with E-state index in [1.54, 1.807) is 6.07 Å². The van der Waals surface area contributed by atoms with Crippen LogP contribution in [0.5, 0.6) is 0 Å². The zero-order valence-corrected chi connectivity index (χ0v) is 8.73. The summed E-state index contributed by atoms with van der Waals surface area (Å²) in [4.78, 5) is 11.7. The lowest BCUT2D eigenvalue weighted by molar-refractivity contribution is 0.0270. The Bertz CT molecular complexity index is 354. The van der Waals surface area contributed by atoms with E-state index in [1.165, 1.54) is 0 Å². The topological polar surface area (TPSA) is 35.5 Å². The van der Waals surface area contributed by atoms with Gasteiger partial charge in [0.05, 0.1) is 18.8 Å². The van der Waals surface area contributed by atoms with Crippen LogP contribution in [0.15, 0.2) is 24.3 Å². The third kappa shape index (κ3) is 2.36. The lowest BCUT2D eigenvalue weighted by Gasteiger charge is -2.11. The van der Waals surface area contributed by atoms with Crippen molar-refractivity contribution in [1.29, 1.82) is 0 Å². The first-order valence-electron chi connectivity index (χ1n) is 5.12. The molecule has 0 N–H and O–H groups in total. The number of hydrogen-bond donors (Lipinski definition) is 0. The second-order valence-electron chi connectivity index (χ2n) is 3.71. The van der Waals surface area contributed by atoms with Crippen LogP contribution in [-0.4, -0.2) is 25.3 Å². The van der Waals surface area contributed by atoms with E-state index in [2.05, 4.69) is 0 Å². The molecule has 1 aromatic carbocycles. The number of aryl methyl sites for hydroxylation is 1. The van der Waals surface area contributed by atoms with E-state index < -0.39 is 0 Å². The third-order valence-electron chi connectivity index (χ3n) is 2.53. The molecule has 15 heavy (non-hydrogen) atoms. The Hall–Kier alpha value is -1.35. The molecule has 1 aliphatic heterocycles. The molecule has 0 radical (unpaired) electrons. The minimum atomic E-state index is -0.247. The molecule has 3 nitrogen and oxygen atoms in total. The van der Waals surface area contributed by atoms with Gasteiger partial charge in [-0.15, -0.1) is 0 Å². The number of ether oxygens (including phenoxy) is 2. The summed E-state index contributed by atoms with van der Waals surface area (Å²) < 4.78 is 10.5. The van der Waals surface area contributed by atoms with E-state index in [-0.39, 0.29) is 12.1 Å². The largest absolute Gasteiger partial charge is 0.456 e. The van der Waals surface area contributed by atoms with E-state index >= 15 is 0 Å². The number of benzene rings is 1. The normalized spacial score (nSPS) is 20.2. The fourth-order valence-corrected chi connectivity index (χ4v) is 1.62. The minimum absolute atomic E-state index is 0.0721. The molecule has 1 aromatic rings. The van der Waals surface area contributed by atoms with E-state index in [1.807, 2.05) is 25.1 Å². The maximum Gasteiger partial charge on any atom is 0.338 e. The summed E-state index contributed by atoms with van der Waals surface area (Å²) in [6.45, 7) is 3.12. The van der Waals surface area contributed by atoms with Gasteiger partial charge in [-0.25, -0.2) is 4.79 Å². The SMILES string of the molecule is Cc1ccccc1C(=O)O[C@@H]1CCOC1. The van der Waals surface area contributed by atoms with E-state index in [0.717, 1.165) is 12.0 Å². The Balaban J connectivity index is 2.04. The molecule has 0 saturated carbocycles. The molecule has 3 heteroatoms. The van der Waals surface area contributed by atoms with Crippen LogP contribution < -0.4 is 0 Å². The van der Waals surface area contributed by atoms with Crippen molar-refractivity contribution in [3.8, 4) is 0 Å². The van der Waals surface area contributed by atoms with Gasteiger partial charge in [-0.3, -0.25) is 0 Å². The highest BCUT2D eigenvalue weighted by Crippen LogP contribution is 2.14. The average Bonchev–Trinajstić information content (AvgIpc) is 2.71. The Labute approximate surface area is 89.0 Å². The molecular weight excluding hydrogens is 192 g/mol. The zero-order valence-electron chi connectivity index (χ0n) is 8.73. The molecule has 2 rings (SSSR count). The molecular formula is C12H14O3. The predicted molar refractivity (Wildman–Crippen MR) is 55.8 cm³/mol. The quantitative estimate of drug-likeness (QED) is 0.694. The van der Waals surface area contributed by atoms with Crippen molar-refractivity contribution < 1.29 is 14.3 Å². The summed E-state index contributed by atoms with van der Waals surface area (Å²) in [7, 11) is 0. The number of carbonyl (C=O) groups is 1. The molecule has 0 spiro atoms. The van der Waals surface area contributed by atoms with Gasteiger partial charge in [-0.2, -0.15) is 0 Å². The van der Waals surface area contributed by atoms with Crippen molar-refractivity contribution in [2.45, 2.75) is 19.4 Å². The smallest absolute Gasteiger partial charge is 0.338 e. The van der Waals surface area contributed by atoms with Crippen LogP contribution in [0.4, 0.5) is 0 Å². The molecule has 0 amide bonds. The summed E-state index contributed by atoms with van der Waals surface area (Å²) in [5.74, 6) is -0.247. The van der Waals surface area contributed by atoms with Crippen LogP contribution in [-0.2, 0) is 9.47 Å². The van der Waals surface area contributed by atoms with Crippen LogP contribution in [0.25, 0.3) is 0 Å². The Morgan fingerprint density at radius 1 is 1.47 bits per heavy atom. The lowest BCUT2D eigenvalue weighted by Crippen LogP contribution is -2.18. The molecule has 0 aromatic heterocycles. The van der Waals surface area contributed by atoms with Gasteiger partial charge in [0.1, 0.15) is 6.10 Å². The zero-order chi connectivity index (χ0) is 10.7. The van der Waals surface area contributed by atoms with Crippen molar-refractivity contribution in [1.82, 2.24) is 0 Å². The summed E-state index contributed by atoms with van der Waals surface area (Å²) in [5, 5.41) is 0. The molecule has 0 unspecified atom stereocenters. The molecule has 80 valence electrons. The maximum atomic E-state index is 11.7. The molecule has 0 aliphatic carbocycles. The van der Waals surface area contributed by atoms with Crippen molar-refractivity contribution in [2.75, 3.05) is 13.2 Å². The first-order valence-corrected chi connectivity index (χ1v) is 5.12. The number of carbonyl (C=O) groups excluding carboxylic acids is 1. The van der Waals surface area contributed by atoms with E-state index in [4.69, 9.17) is 9.47 Å². The standard InChI is InChI=1S/C12H14O3/c1-9-4-2-3-5-11(9)12(13)15-10-6-7-14-8-10/h2-5,10H,6-8H2,1H3/t10-/m1/s1. The molecule has 1 aliphatic rings. The Morgan fingerprint density at radius 3 is 2.93 bits per heavy atom. The van der Waals surface area contributed by atoms with Gasteiger partial charge in [0.2, 0.25) is 0 Å². The van der Waals surface area contributed by atoms with Gasteiger partial charge in [-0.05, 0) is 18.6 Å². The predicted octanol–water partition coefficient (Wildman–Crippen LogP) is 1.94. The second kappa shape index (κ2) is 4.45. The van der Waals surface area contributed by atoms with Crippen molar-refractivity contribution in [3.05, 3.63) is 35.4 Å². The highest BCUT2D eigenvalue weighted by Gasteiger charge is 2.21. The highest BCUT2D eigenvalue weighted by molar-refractivity contribution is 5.91. The van der Waals surface area contributed by atoms with Crippen molar-refractivity contribution in [2.24, 2.45) is 0 Å². The number of hydrogen-bond acceptors (Lipinski definition) is 3. The molecule has 1 saturated heterocycles. The van der Waals surface area contributed by atoms with Crippen LogP contribution >= 0.6 is 0 Å². The van der Waals surface area contributed by atoms with Crippen LogP contribution in [0, 0.1) is 6.92 Å². The van der Waals surface area contributed by atoms with Crippen molar-refractivity contribution in [3.63, 3.8) is 0 Å². The highest BCUT2D eigenvalue weighted by atomic mass is 16.6. The van der Waals surface area contributed by atoms with Crippen LogP contribution in [0.2, 0.25) is 0 Å². The molecule has 0 bridgehead atoms. The van der Waals surface area contributed by atoms with E-state index in [9.17, 15) is 4.79 Å². The van der Waals surface area contributed by atoms with Gasteiger partial charge in [0.15, 0.2) is 0 Å². The van der Waals surface area contributed by atoms with Gasteiger partial charge in [0.25, 0.3) is 0 Å². The van der Waals surface area contributed by atoms with Gasteiger partial charge in [-0.1, -0.05) is 18.2 Å². The van der Waals surface area contributed by atoms with Gasteiger partial charge >= 0.3 is 5.97 Å². The minimum Gasteiger partial charge on any atom is -0.456 e. The maximum absolute atomic E-state index is 11.7. The van der Waals surface area contributed by atoms with E-state index in [0.29, 0.717) is 18.8 Å². The number of esters is 1.